The van der Waals surface area contributed by atoms with E-state index in [1.54, 1.807) is 0 Å². The Hall–Kier alpha value is -1.76. The molecule has 8 bridgehead atoms. The number of nitrogens with zero attached hydrogens (tertiary/aromatic N) is 5. The Bertz CT molecular complexity index is 1110. The number of nitrogens with one attached hydrogen (secondary N) is 4. The van der Waals surface area contributed by atoms with E-state index in [2.05, 4.69) is 27.1 Å². The first kappa shape index (κ1) is 35.5. The van der Waals surface area contributed by atoms with Gasteiger partial charge in [-0.05, 0) is 118 Å². The van der Waals surface area contributed by atoms with E-state index >= 15 is 0 Å². The van der Waals surface area contributed by atoms with Crippen molar-refractivity contribution in [2.75, 3.05) is 0 Å². The SMILES string of the molecule is CCCCCCC1C2CC3CC1CC(N=C(NCl)N(Cl)NC(=N)N)(C3)C2.NC(N)=NN(Cl)C(=NC12CC3CC(CC(C3)C1)C2)NCl. The fraction of sp³-hybridized carbons (Fsp3) is 0.867. The van der Waals surface area contributed by atoms with Crippen LogP contribution in [0.3, 0.4) is 0 Å². The van der Waals surface area contributed by atoms with Crippen molar-refractivity contribution in [1.29, 1.82) is 5.41 Å². The third-order valence-electron chi connectivity index (χ3n) is 11.5. The molecule has 8 saturated carbocycles. The van der Waals surface area contributed by atoms with Crippen LogP contribution in [0.4, 0.5) is 0 Å². The summed E-state index contributed by atoms with van der Waals surface area (Å²) in [4.78, 5) is 14.7. The maximum atomic E-state index is 7.32. The van der Waals surface area contributed by atoms with Gasteiger partial charge >= 0.3 is 0 Å². The van der Waals surface area contributed by atoms with Crippen LogP contribution < -0.4 is 32.3 Å². The molecule has 16 heteroatoms. The normalized spacial score (nSPS) is 36.8. The van der Waals surface area contributed by atoms with Crippen LogP contribution in [0.25, 0.3) is 0 Å². The standard InChI is InChI=1S/C18H32Cl2N6.C12H20Cl2N6/c1-2-3-4-5-6-15-13-7-12-8-14(15)11-18(9-12,10-13)23-17(24-19)26(20)25-16(21)22;13-18-11(20(14)19-10(15)16)17-12-4-7-1-8(5-12)3-9(2-7)6-12/h12-15H,2-11H2,1H3,(H,23,24)(H4,21,22,25);7-9H,1-6H2,(H,17,18)(H4,15,16,19). The van der Waals surface area contributed by atoms with Crippen molar-refractivity contribution in [1.82, 2.24) is 24.2 Å². The summed E-state index contributed by atoms with van der Waals surface area (Å²) < 4.78 is 2.07. The number of guanidine groups is 4. The lowest BCUT2D eigenvalue weighted by Gasteiger charge is -2.59. The number of hydrazone groups is 1. The first-order chi connectivity index (χ1) is 22.0. The second kappa shape index (κ2) is 15.2. The van der Waals surface area contributed by atoms with E-state index in [-0.39, 0.29) is 23.0 Å². The molecule has 0 aromatic heterocycles. The summed E-state index contributed by atoms with van der Waals surface area (Å²) in [6, 6.07) is 0. The zero-order chi connectivity index (χ0) is 33.1. The average molecular weight is 723 g/mol. The third-order valence-corrected chi connectivity index (χ3v) is 12.3. The van der Waals surface area contributed by atoms with E-state index in [9.17, 15) is 0 Å². The molecule has 0 amide bonds. The molecule has 8 aliphatic carbocycles. The van der Waals surface area contributed by atoms with Gasteiger partial charge in [0.2, 0.25) is 23.8 Å². The molecule has 2 atom stereocenters. The van der Waals surface area contributed by atoms with Crippen LogP contribution in [0, 0.1) is 46.8 Å². The van der Waals surface area contributed by atoms with Gasteiger partial charge in [-0.15, -0.1) is 9.63 Å². The lowest BCUT2D eigenvalue weighted by atomic mass is 9.48. The van der Waals surface area contributed by atoms with E-state index in [1.807, 2.05) is 0 Å². The zero-order valence-corrected chi connectivity index (χ0v) is 29.9. The molecule has 8 aliphatic rings. The van der Waals surface area contributed by atoms with Crippen LogP contribution in [-0.2, 0) is 0 Å². The van der Waals surface area contributed by atoms with Gasteiger partial charge < -0.3 is 17.2 Å². The first-order valence-electron chi connectivity index (χ1n) is 17.0. The largest absolute Gasteiger partial charge is 0.369 e. The number of rotatable bonds is 8. The summed E-state index contributed by atoms with van der Waals surface area (Å²) in [6.45, 7) is 2.27. The molecule has 46 heavy (non-hydrogen) atoms. The fourth-order valence-electron chi connectivity index (χ4n) is 10.7. The summed E-state index contributed by atoms with van der Waals surface area (Å²) in [6.07, 6.45) is 20.3. The average Bonchev–Trinajstić information content (AvgIpc) is 2.96. The maximum Gasteiger partial charge on any atom is 0.246 e. The summed E-state index contributed by atoms with van der Waals surface area (Å²) in [5.74, 6) is 5.86. The van der Waals surface area contributed by atoms with Crippen molar-refractivity contribution < 1.29 is 0 Å². The minimum atomic E-state index is -0.253. The highest BCUT2D eigenvalue weighted by Crippen LogP contribution is 2.61. The molecule has 0 heterocycles. The molecule has 0 spiro atoms. The summed E-state index contributed by atoms with van der Waals surface area (Å²) in [5.41, 5.74) is 18.4. The Balaban J connectivity index is 0.000000187. The Morgan fingerprint density at radius 1 is 0.761 bits per heavy atom. The number of hydrogen-bond donors (Lipinski definition) is 7. The molecule has 2 unspecified atom stereocenters. The Kier molecular flexibility index (Phi) is 11.7. The molecule has 0 aliphatic heterocycles. The summed E-state index contributed by atoms with van der Waals surface area (Å²) >= 11 is 23.7. The molecule has 8 rings (SSSR count). The van der Waals surface area contributed by atoms with Crippen molar-refractivity contribution in [3.63, 3.8) is 0 Å². The predicted octanol–water partition coefficient (Wildman–Crippen LogP) is 5.80. The Morgan fingerprint density at radius 2 is 1.26 bits per heavy atom. The molecular weight excluding hydrogens is 670 g/mol. The third kappa shape index (κ3) is 8.44. The lowest BCUT2D eigenvalue weighted by Crippen LogP contribution is -2.55. The predicted molar refractivity (Wildman–Crippen MR) is 189 cm³/mol. The van der Waals surface area contributed by atoms with Gasteiger partial charge in [-0.1, -0.05) is 32.6 Å². The highest BCUT2D eigenvalue weighted by molar-refractivity contribution is 6.29. The first-order valence-corrected chi connectivity index (χ1v) is 18.4. The van der Waals surface area contributed by atoms with E-state index in [4.69, 9.17) is 79.7 Å². The van der Waals surface area contributed by atoms with Crippen molar-refractivity contribution in [3.8, 4) is 0 Å². The van der Waals surface area contributed by atoms with Gasteiger partial charge in [0.25, 0.3) is 0 Å². The summed E-state index contributed by atoms with van der Waals surface area (Å²) in [7, 11) is 0. The van der Waals surface area contributed by atoms with E-state index in [0.29, 0.717) is 11.9 Å². The Morgan fingerprint density at radius 3 is 1.74 bits per heavy atom. The minimum Gasteiger partial charge on any atom is -0.369 e. The van der Waals surface area contributed by atoms with Crippen LogP contribution in [0.5, 0.6) is 0 Å². The molecule has 12 nitrogen and oxygen atoms in total. The van der Waals surface area contributed by atoms with Crippen LogP contribution in [0.1, 0.15) is 110 Å². The smallest absolute Gasteiger partial charge is 0.246 e. The van der Waals surface area contributed by atoms with Crippen LogP contribution >= 0.6 is 47.1 Å². The highest BCUT2D eigenvalue weighted by Gasteiger charge is 2.55. The number of aliphatic imine (C=N–C) groups is 2. The van der Waals surface area contributed by atoms with Gasteiger partial charge in [0, 0.05) is 47.1 Å². The molecular formula is C30H52Cl4N12. The molecule has 0 aromatic carbocycles. The number of hydrogen-bond acceptors (Lipinski definition) is 4. The highest BCUT2D eigenvalue weighted by atomic mass is 35.5. The lowest BCUT2D eigenvalue weighted by molar-refractivity contribution is -0.0541. The van der Waals surface area contributed by atoms with Gasteiger partial charge in [0.1, 0.15) is 0 Å². The van der Waals surface area contributed by atoms with Gasteiger partial charge in [-0.25, -0.2) is 9.98 Å². The molecule has 0 saturated heterocycles. The molecule has 0 radical (unpaired) electrons. The quantitative estimate of drug-likeness (QED) is 0.0539. The number of hydrazine groups is 1. The molecule has 260 valence electrons. The van der Waals surface area contributed by atoms with Gasteiger partial charge in [0.05, 0.1) is 11.1 Å². The van der Waals surface area contributed by atoms with E-state index < -0.39 is 0 Å². The van der Waals surface area contributed by atoms with Gasteiger partial charge in [0.15, 0.2) is 0 Å². The van der Waals surface area contributed by atoms with Gasteiger partial charge in [-0.3, -0.25) is 20.5 Å². The van der Waals surface area contributed by atoms with Crippen LogP contribution in [-0.4, -0.2) is 44.0 Å². The number of nitrogens with two attached hydrogens (primary N) is 3. The van der Waals surface area contributed by atoms with Crippen molar-refractivity contribution in [2.45, 2.75) is 121 Å². The zero-order valence-electron chi connectivity index (χ0n) is 26.8. The second-order valence-corrected chi connectivity index (χ2v) is 16.0. The van der Waals surface area contributed by atoms with Crippen molar-refractivity contribution >= 4 is 70.9 Å². The van der Waals surface area contributed by atoms with Crippen LogP contribution in [0.2, 0.25) is 0 Å². The van der Waals surface area contributed by atoms with Gasteiger partial charge in [-0.2, -0.15) is 4.53 Å². The van der Waals surface area contributed by atoms with Crippen LogP contribution in [0.15, 0.2) is 15.1 Å². The Labute approximate surface area is 293 Å². The number of halogens is 4. The molecule has 10 N–H and O–H groups in total. The molecule has 8 fully saturated rings. The van der Waals surface area contributed by atoms with E-state index in [0.717, 1.165) is 89.0 Å². The maximum absolute atomic E-state index is 7.32. The monoisotopic (exact) mass is 720 g/mol. The minimum absolute atomic E-state index is 0.0437. The van der Waals surface area contributed by atoms with Crippen molar-refractivity contribution in [3.05, 3.63) is 0 Å². The van der Waals surface area contributed by atoms with E-state index in [1.165, 1.54) is 64.2 Å². The second-order valence-electron chi connectivity index (χ2n) is 15.0. The molecule has 0 aromatic rings. The van der Waals surface area contributed by atoms with Crippen molar-refractivity contribution in [2.24, 2.45) is 73.7 Å². The number of unbranched alkanes of at least 4 members (excludes halogenated alkanes) is 3. The topological polar surface area (TPSA) is 182 Å². The summed E-state index contributed by atoms with van der Waals surface area (Å²) in [5, 5.41) is 11.1. The fourth-order valence-corrected chi connectivity index (χ4v) is 11.3.